The van der Waals surface area contributed by atoms with Crippen molar-refractivity contribution in [3.8, 4) is 5.75 Å². The van der Waals surface area contributed by atoms with Gasteiger partial charge in [-0.15, -0.1) is 11.3 Å². The molecule has 4 atom stereocenters. The second kappa shape index (κ2) is 14.7. The summed E-state index contributed by atoms with van der Waals surface area (Å²) in [5, 5.41) is 3.02. The highest BCUT2D eigenvalue weighted by molar-refractivity contribution is 7.52. The topological polar surface area (TPSA) is 146 Å². The van der Waals surface area contributed by atoms with Gasteiger partial charge in [-0.2, -0.15) is 8.78 Å². The zero-order valence-corrected chi connectivity index (χ0v) is 30.5. The number of fused-ring (bicyclic) bond motifs is 1. The summed E-state index contributed by atoms with van der Waals surface area (Å²) in [4.78, 5) is 64.3. The largest absolute Gasteiger partial charge is 0.488 e. The molecule has 2 fully saturated rings. The van der Waals surface area contributed by atoms with Crippen LogP contribution in [0.25, 0.3) is 10.1 Å². The number of thiophene rings is 1. The third-order valence-corrected chi connectivity index (χ3v) is 11.4. The molecule has 3 heterocycles. The van der Waals surface area contributed by atoms with Crippen LogP contribution < -0.4 is 10.1 Å². The van der Waals surface area contributed by atoms with Gasteiger partial charge in [0.15, 0.2) is 0 Å². The average molecular weight is 756 g/mol. The molecule has 276 valence electrons. The van der Waals surface area contributed by atoms with Crippen molar-refractivity contribution in [2.24, 2.45) is 5.41 Å². The fourth-order valence-electron chi connectivity index (χ4n) is 6.51. The number of morpholine rings is 1. The molecule has 52 heavy (non-hydrogen) atoms. The Balaban J connectivity index is 1.25. The zero-order valence-electron chi connectivity index (χ0n) is 28.8. The van der Waals surface area contributed by atoms with Gasteiger partial charge in [-0.05, 0) is 46.7 Å². The Morgan fingerprint density at radius 3 is 2.31 bits per heavy atom. The number of ether oxygens (including phenoxy) is 2. The third-order valence-electron chi connectivity index (χ3n) is 9.27. The second-order valence-electron chi connectivity index (χ2n) is 14.1. The summed E-state index contributed by atoms with van der Waals surface area (Å²) in [7, 11) is -5.80. The molecule has 0 spiro atoms. The number of alkyl halides is 2. The Hall–Kier alpha value is -4.20. The minimum atomic E-state index is -5.80. The number of likely N-dealkylation sites (tertiary alicyclic amines) is 1. The monoisotopic (exact) mass is 755 g/mol. The van der Waals surface area contributed by atoms with E-state index < -0.39 is 54.2 Å². The van der Waals surface area contributed by atoms with Gasteiger partial charge < -0.3 is 34.4 Å². The molecule has 15 heteroatoms. The lowest BCUT2D eigenvalue weighted by Gasteiger charge is -2.38. The smallest absolute Gasteiger partial charge is 0.399 e. The van der Waals surface area contributed by atoms with Crippen LogP contribution in [0, 0.1) is 5.41 Å². The molecular formula is C37H40F2N3O8PS. The molecule has 0 saturated carbocycles. The van der Waals surface area contributed by atoms with Gasteiger partial charge in [0.2, 0.25) is 11.8 Å². The molecule has 3 N–H and O–H groups in total. The van der Waals surface area contributed by atoms with E-state index in [4.69, 9.17) is 9.47 Å². The summed E-state index contributed by atoms with van der Waals surface area (Å²) in [5.41, 5.74) is -5.18. The van der Waals surface area contributed by atoms with Crippen LogP contribution in [0.3, 0.4) is 0 Å². The van der Waals surface area contributed by atoms with Gasteiger partial charge >= 0.3 is 13.3 Å². The van der Waals surface area contributed by atoms with E-state index in [1.165, 1.54) is 17.0 Å². The maximum absolute atomic E-state index is 14.6. The number of hydrogen-bond donors (Lipinski definition) is 3. The number of nitrogens with zero attached hydrogens (tertiary/aromatic N) is 2. The first-order chi connectivity index (χ1) is 24.5. The quantitative estimate of drug-likeness (QED) is 0.179. The lowest BCUT2D eigenvalue weighted by Crippen LogP contribution is -2.58. The van der Waals surface area contributed by atoms with Crippen molar-refractivity contribution in [3.05, 3.63) is 101 Å². The number of amides is 3. The normalized spacial score (nSPS) is 20.5. The lowest BCUT2D eigenvalue weighted by molar-refractivity contribution is -0.150. The molecule has 2 aliphatic heterocycles. The molecule has 3 amide bonds. The van der Waals surface area contributed by atoms with Gasteiger partial charge in [0, 0.05) is 23.2 Å². The summed E-state index contributed by atoms with van der Waals surface area (Å²) in [6, 6.07) is 21.2. The predicted molar refractivity (Wildman–Crippen MR) is 191 cm³/mol. The summed E-state index contributed by atoms with van der Waals surface area (Å²) < 4.78 is 53.0. The highest BCUT2D eigenvalue weighted by Gasteiger charge is 2.51. The molecule has 0 bridgehead atoms. The minimum Gasteiger partial charge on any atom is -0.488 e. The van der Waals surface area contributed by atoms with Crippen LogP contribution in [0.2, 0.25) is 0 Å². The number of carbonyl (C=O) groups excluding carboxylic acids is 3. The molecule has 2 aliphatic rings. The highest BCUT2D eigenvalue weighted by atomic mass is 32.1. The first-order valence-electron chi connectivity index (χ1n) is 16.8. The number of nitrogens with one attached hydrogen (secondary N) is 1. The molecule has 3 aromatic carbocycles. The van der Waals surface area contributed by atoms with Crippen LogP contribution in [0.4, 0.5) is 8.78 Å². The molecular weight excluding hydrogens is 715 g/mol. The van der Waals surface area contributed by atoms with Crippen LogP contribution in [0.15, 0.2) is 84.9 Å². The van der Waals surface area contributed by atoms with Gasteiger partial charge in [0.1, 0.15) is 30.0 Å². The zero-order chi connectivity index (χ0) is 37.4. The molecule has 2 saturated heterocycles. The molecule has 0 aliphatic carbocycles. The Morgan fingerprint density at radius 1 is 0.981 bits per heavy atom. The number of benzene rings is 3. The van der Waals surface area contributed by atoms with E-state index in [0.29, 0.717) is 30.1 Å². The predicted octanol–water partition coefficient (Wildman–Crippen LogP) is 5.92. The summed E-state index contributed by atoms with van der Waals surface area (Å²) in [6.45, 7) is 6.43. The molecule has 4 aromatic rings. The van der Waals surface area contributed by atoms with E-state index in [1.807, 2.05) is 48.5 Å². The van der Waals surface area contributed by atoms with Crippen molar-refractivity contribution in [3.63, 3.8) is 0 Å². The van der Waals surface area contributed by atoms with E-state index in [2.05, 4.69) is 5.32 Å². The Morgan fingerprint density at radius 2 is 1.65 bits per heavy atom. The van der Waals surface area contributed by atoms with Crippen LogP contribution in [-0.2, 0) is 24.6 Å². The number of para-hydroxylation sites is 1. The fraction of sp³-hybridized carbons (Fsp3) is 0.378. The molecule has 1 unspecified atom stereocenters. The molecule has 6 rings (SSSR count). The number of halogens is 2. The number of hydrogen-bond acceptors (Lipinski definition) is 7. The summed E-state index contributed by atoms with van der Waals surface area (Å²) >= 11 is 0.984. The third kappa shape index (κ3) is 7.91. The van der Waals surface area contributed by atoms with Gasteiger partial charge in [-0.3, -0.25) is 18.9 Å². The average Bonchev–Trinajstić information content (AvgIpc) is 3.74. The van der Waals surface area contributed by atoms with E-state index in [-0.39, 0.29) is 35.2 Å². The Kier molecular flexibility index (Phi) is 10.6. The second-order valence-corrected chi connectivity index (χ2v) is 16.8. The number of rotatable bonds is 9. The molecule has 1 aromatic heterocycles. The molecule has 11 nitrogen and oxygen atoms in total. The number of carbonyl (C=O) groups is 3. The Labute approximate surface area is 303 Å². The van der Waals surface area contributed by atoms with E-state index in [9.17, 15) is 37.5 Å². The highest BCUT2D eigenvalue weighted by Crippen LogP contribution is 2.59. The van der Waals surface area contributed by atoms with Crippen molar-refractivity contribution >= 4 is 46.7 Å². The Bertz CT molecular complexity index is 1980. The summed E-state index contributed by atoms with van der Waals surface area (Å²) in [6.07, 6.45) is -0.608. The van der Waals surface area contributed by atoms with Crippen LogP contribution in [0.1, 0.15) is 54.1 Å². The van der Waals surface area contributed by atoms with E-state index in [0.717, 1.165) is 29.0 Å². The maximum Gasteiger partial charge on any atom is 0.399 e. The van der Waals surface area contributed by atoms with Crippen molar-refractivity contribution in [1.29, 1.82) is 0 Å². The van der Waals surface area contributed by atoms with Gasteiger partial charge in [-0.1, -0.05) is 75.4 Å². The minimum absolute atomic E-state index is 0.0957. The summed E-state index contributed by atoms with van der Waals surface area (Å²) in [5.74, 6) is -0.773. The van der Waals surface area contributed by atoms with Crippen LogP contribution in [0.5, 0.6) is 5.75 Å². The fourth-order valence-corrected chi connectivity index (χ4v) is 7.93. The van der Waals surface area contributed by atoms with Crippen molar-refractivity contribution < 1.29 is 47.0 Å². The van der Waals surface area contributed by atoms with Crippen molar-refractivity contribution in [1.82, 2.24) is 15.1 Å². The SMILES string of the molecule is CC(C)(C)C(NC(=O)c1cc2cc(C(F)(F)P(=O)(O)O)ccc2s1)C(=O)N1C[C@@H](Oc2ccccc2)C[C@H]1C(=O)N1CCO[C@H](c2ccccc2)C1. The van der Waals surface area contributed by atoms with Gasteiger partial charge in [0.05, 0.1) is 24.6 Å². The first kappa shape index (κ1) is 37.6. The van der Waals surface area contributed by atoms with Gasteiger partial charge in [0.25, 0.3) is 5.91 Å². The van der Waals surface area contributed by atoms with E-state index >= 15 is 0 Å². The van der Waals surface area contributed by atoms with E-state index in [1.54, 1.807) is 37.8 Å². The molecule has 0 radical (unpaired) electrons. The van der Waals surface area contributed by atoms with Gasteiger partial charge in [-0.25, -0.2) is 0 Å². The lowest BCUT2D eigenvalue weighted by atomic mass is 9.85. The standard InChI is InChI=1S/C37H40F2N3O8PS/c1-36(2,3)32(40-33(43)31-19-24-18-25(14-15-30(24)52-31)37(38,39)51(46,47)48)35(45)42-21-27(50-26-12-8-5-9-13-26)20-28(42)34(44)41-16-17-49-29(22-41)23-10-6-4-7-11-23/h4-15,18-19,27-29,32H,16-17,20-22H2,1-3H3,(H,40,43)(H2,46,47,48)/t27-,28-,29-,32?/m0/s1. The van der Waals surface area contributed by atoms with Crippen molar-refractivity contribution in [2.75, 3.05) is 26.2 Å². The first-order valence-corrected chi connectivity index (χ1v) is 19.2. The van der Waals surface area contributed by atoms with Crippen LogP contribution >= 0.6 is 18.9 Å². The van der Waals surface area contributed by atoms with Crippen LogP contribution in [-0.4, -0.2) is 81.7 Å². The maximum atomic E-state index is 14.6. The van der Waals surface area contributed by atoms with Crippen molar-refractivity contribution in [2.45, 2.75) is 57.1 Å².